The van der Waals surface area contributed by atoms with E-state index < -0.39 is 6.04 Å². The van der Waals surface area contributed by atoms with Crippen LogP contribution in [-0.4, -0.2) is 59.1 Å². The van der Waals surface area contributed by atoms with Crippen LogP contribution in [0, 0.1) is 13.8 Å². The van der Waals surface area contributed by atoms with Crippen LogP contribution >= 0.6 is 0 Å². The maximum absolute atomic E-state index is 13.6. The number of H-pyrrole nitrogens is 1. The zero-order valence-electron chi connectivity index (χ0n) is 21.8. The molecule has 4 rings (SSSR count). The number of hydrogen-bond donors (Lipinski definition) is 2. The summed E-state index contributed by atoms with van der Waals surface area (Å²) in [5, 5.41) is 18.4. The predicted octanol–water partition coefficient (Wildman–Crippen LogP) is 5.17. The van der Waals surface area contributed by atoms with Gasteiger partial charge in [-0.3, -0.25) is 9.89 Å². The fourth-order valence-corrected chi connectivity index (χ4v) is 4.80. The lowest BCUT2D eigenvalue weighted by Gasteiger charge is -2.27. The summed E-state index contributed by atoms with van der Waals surface area (Å²) in [6.45, 7) is 11.3. The SMILES string of the molecule is CCOc1ccc(C2c3c(-c4cc(C)cc(C)c4O)n[nH]c3C(=O)N2CCCOC(C)C)cc1OC. The molecule has 3 aromatic rings. The molecule has 0 aliphatic carbocycles. The number of aryl methyl sites for hydroxylation is 2. The molecule has 1 amide bonds. The highest BCUT2D eigenvalue weighted by molar-refractivity contribution is 6.00. The molecule has 2 N–H and O–H groups in total. The number of aromatic amines is 1. The third kappa shape index (κ3) is 4.78. The van der Waals surface area contributed by atoms with Crippen molar-refractivity contribution >= 4 is 5.91 Å². The van der Waals surface area contributed by atoms with Crippen LogP contribution in [-0.2, 0) is 4.74 Å². The molecular weight excluding hydrogens is 458 g/mol. The average Bonchev–Trinajstić information content (AvgIpc) is 3.38. The summed E-state index contributed by atoms with van der Waals surface area (Å²) in [5.74, 6) is 1.27. The van der Waals surface area contributed by atoms with Crippen LogP contribution in [0.2, 0.25) is 0 Å². The van der Waals surface area contributed by atoms with E-state index in [1.807, 2.05) is 69.9 Å². The second kappa shape index (κ2) is 10.6. The molecule has 0 fully saturated rings. The Labute approximate surface area is 212 Å². The number of carbonyl (C=O) groups excluding carboxylic acids is 1. The molecule has 8 nitrogen and oxygen atoms in total. The maximum atomic E-state index is 13.6. The van der Waals surface area contributed by atoms with Crippen LogP contribution in [0.4, 0.5) is 0 Å². The lowest BCUT2D eigenvalue weighted by atomic mass is 9.94. The number of nitrogens with one attached hydrogen (secondary N) is 1. The smallest absolute Gasteiger partial charge is 0.273 e. The first-order valence-electron chi connectivity index (χ1n) is 12.4. The highest BCUT2D eigenvalue weighted by atomic mass is 16.5. The van der Waals surface area contributed by atoms with Gasteiger partial charge in [-0.15, -0.1) is 0 Å². The Morgan fingerprint density at radius 2 is 1.94 bits per heavy atom. The van der Waals surface area contributed by atoms with Crippen molar-refractivity contribution in [1.82, 2.24) is 15.1 Å². The van der Waals surface area contributed by atoms with Crippen molar-refractivity contribution in [2.75, 3.05) is 26.9 Å². The topological polar surface area (TPSA) is 96.9 Å². The summed E-state index contributed by atoms with van der Waals surface area (Å²) < 4.78 is 17.0. The Balaban J connectivity index is 1.82. The van der Waals surface area contributed by atoms with Gasteiger partial charge >= 0.3 is 0 Å². The standard InChI is InChI=1S/C28H35N3O5/c1-7-35-21-10-9-19(15-22(21)34-6)26-23-24(20-14-17(4)13-18(5)27(20)32)29-30-25(23)28(33)31(26)11-8-12-36-16(2)3/h9-10,13-16,26,32H,7-8,11-12H2,1-6H3,(H,29,30). The Kier molecular flexibility index (Phi) is 7.54. The number of carbonyl (C=O) groups is 1. The Morgan fingerprint density at radius 1 is 1.17 bits per heavy atom. The van der Waals surface area contributed by atoms with Gasteiger partial charge in [0.1, 0.15) is 17.1 Å². The molecule has 1 aromatic heterocycles. The number of amides is 1. The average molecular weight is 494 g/mol. The first-order chi connectivity index (χ1) is 17.3. The number of phenolic OH excluding ortho intramolecular Hbond substituents is 1. The molecule has 36 heavy (non-hydrogen) atoms. The van der Waals surface area contributed by atoms with Crippen molar-refractivity contribution in [3.8, 4) is 28.5 Å². The molecule has 0 spiro atoms. The number of aromatic nitrogens is 2. The third-order valence-electron chi connectivity index (χ3n) is 6.36. The van der Waals surface area contributed by atoms with Crippen molar-refractivity contribution in [3.63, 3.8) is 0 Å². The van der Waals surface area contributed by atoms with Crippen molar-refractivity contribution in [2.24, 2.45) is 0 Å². The number of nitrogens with zero attached hydrogens (tertiary/aromatic N) is 2. The number of methoxy groups -OCH3 is 1. The summed E-state index contributed by atoms with van der Waals surface area (Å²) in [4.78, 5) is 15.4. The minimum atomic E-state index is -0.412. The van der Waals surface area contributed by atoms with E-state index in [9.17, 15) is 9.90 Å². The van der Waals surface area contributed by atoms with Gasteiger partial charge in [-0.25, -0.2) is 0 Å². The van der Waals surface area contributed by atoms with E-state index in [4.69, 9.17) is 14.2 Å². The van der Waals surface area contributed by atoms with Crippen LogP contribution in [0.25, 0.3) is 11.3 Å². The molecule has 1 aliphatic heterocycles. The molecule has 2 aromatic carbocycles. The van der Waals surface area contributed by atoms with Gasteiger partial charge in [-0.2, -0.15) is 5.10 Å². The zero-order chi connectivity index (χ0) is 26.0. The molecule has 0 saturated carbocycles. The Hall–Kier alpha value is -3.52. The van der Waals surface area contributed by atoms with E-state index in [1.165, 1.54) is 0 Å². The molecular formula is C28H35N3O5. The van der Waals surface area contributed by atoms with Gasteiger partial charge in [-0.05, 0) is 75.9 Å². The molecule has 2 heterocycles. The highest BCUT2D eigenvalue weighted by Gasteiger charge is 2.42. The van der Waals surface area contributed by atoms with Crippen molar-refractivity contribution in [3.05, 3.63) is 58.3 Å². The summed E-state index contributed by atoms with van der Waals surface area (Å²) in [6.07, 6.45) is 0.817. The van der Waals surface area contributed by atoms with Crippen LogP contribution in [0.5, 0.6) is 17.2 Å². The summed E-state index contributed by atoms with van der Waals surface area (Å²) in [5.41, 5.74) is 4.99. The van der Waals surface area contributed by atoms with E-state index in [-0.39, 0.29) is 17.8 Å². The maximum Gasteiger partial charge on any atom is 0.273 e. The minimum Gasteiger partial charge on any atom is -0.507 e. The second-order valence-corrected chi connectivity index (χ2v) is 9.36. The fourth-order valence-electron chi connectivity index (χ4n) is 4.80. The highest BCUT2D eigenvalue weighted by Crippen LogP contribution is 2.46. The Morgan fingerprint density at radius 3 is 2.64 bits per heavy atom. The fraction of sp³-hybridized carbons (Fsp3) is 0.429. The van der Waals surface area contributed by atoms with Crippen LogP contribution in [0.1, 0.15) is 66.0 Å². The number of phenols is 1. The van der Waals surface area contributed by atoms with Gasteiger partial charge in [0.05, 0.1) is 25.9 Å². The van der Waals surface area contributed by atoms with Gasteiger partial charge < -0.3 is 24.2 Å². The molecule has 0 radical (unpaired) electrons. The first kappa shape index (κ1) is 25.6. The number of benzene rings is 2. The van der Waals surface area contributed by atoms with E-state index in [1.54, 1.807) is 7.11 Å². The van der Waals surface area contributed by atoms with E-state index in [0.29, 0.717) is 54.6 Å². The van der Waals surface area contributed by atoms with Gasteiger partial charge in [0.2, 0.25) is 0 Å². The minimum absolute atomic E-state index is 0.126. The predicted molar refractivity (Wildman–Crippen MR) is 138 cm³/mol. The van der Waals surface area contributed by atoms with Crippen molar-refractivity contribution in [2.45, 2.75) is 53.2 Å². The molecule has 1 atom stereocenters. The van der Waals surface area contributed by atoms with Crippen LogP contribution in [0.3, 0.4) is 0 Å². The number of hydrogen-bond acceptors (Lipinski definition) is 6. The lowest BCUT2D eigenvalue weighted by molar-refractivity contribution is 0.0601. The number of fused-ring (bicyclic) bond motifs is 1. The number of aromatic hydroxyl groups is 1. The molecule has 0 bridgehead atoms. The largest absolute Gasteiger partial charge is 0.507 e. The third-order valence-corrected chi connectivity index (χ3v) is 6.36. The van der Waals surface area contributed by atoms with Gasteiger partial charge in [0, 0.05) is 24.3 Å². The second-order valence-electron chi connectivity index (χ2n) is 9.36. The van der Waals surface area contributed by atoms with E-state index in [2.05, 4.69) is 10.2 Å². The van der Waals surface area contributed by atoms with Crippen molar-refractivity contribution < 1.29 is 24.1 Å². The van der Waals surface area contributed by atoms with Crippen LogP contribution in [0.15, 0.2) is 30.3 Å². The lowest BCUT2D eigenvalue weighted by Crippen LogP contribution is -2.31. The van der Waals surface area contributed by atoms with Crippen molar-refractivity contribution in [1.29, 1.82) is 0 Å². The van der Waals surface area contributed by atoms with Crippen LogP contribution < -0.4 is 9.47 Å². The quantitative estimate of drug-likeness (QED) is 0.379. The zero-order valence-corrected chi connectivity index (χ0v) is 21.8. The molecule has 1 unspecified atom stereocenters. The molecule has 8 heteroatoms. The Bertz CT molecular complexity index is 1250. The molecule has 1 aliphatic rings. The summed E-state index contributed by atoms with van der Waals surface area (Å²) >= 11 is 0. The summed E-state index contributed by atoms with van der Waals surface area (Å²) in [7, 11) is 1.60. The van der Waals surface area contributed by atoms with Gasteiger partial charge in [-0.1, -0.05) is 12.1 Å². The molecule has 0 saturated heterocycles. The normalized spacial score (nSPS) is 15.0. The molecule has 192 valence electrons. The first-order valence-corrected chi connectivity index (χ1v) is 12.4. The summed E-state index contributed by atoms with van der Waals surface area (Å²) in [6, 6.07) is 9.15. The number of rotatable bonds is 10. The van der Waals surface area contributed by atoms with E-state index in [0.717, 1.165) is 22.3 Å². The van der Waals surface area contributed by atoms with Gasteiger partial charge in [0.25, 0.3) is 5.91 Å². The number of ether oxygens (including phenoxy) is 3. The van der Waals surface area contributed by atoms with E-state index >= 15 is 0 Å². The van der Waals surface area contributed by atoms with Gasteiger partial charge in [0.15, 0.2) is 11.5 Å². The monoisotopic (exact) mass is 493 g/mol.